The molecule has 3 aromatic rings. The maximum Gasteiger partial charge on any atom is 0.238 e. The molecule has 0 bridgehead atoms. The zero-order valence-electron chi connectivity index (χ0n) is 17.8. The number of anilines is 1. The molecule has 0 atom stereocenters. The Bertz CT molecular complexity index is 1050. The second kappa shape index (κ2) is 10.3. The summed E-state index contributed by atoms with van der Waals surface area (Å²) in [4.78, 5) is 37.3. The van der Waals surface area contributed by atoms with Crippen molar-refractivity contribution in [1.29, 1.82) is 0 Å². The number of pyridine rings is 1. The molecule has 0 fully saturated rings. The van der Waals surface area contributed by atoms with E-state index < -0.39 is 0 Å². The van der Waals surface area contributed by atoms with E-state index in [1.54, 1.807) is 37.3 Å². The smallest absolute Gasteiger partial charge is 0.238 e. The van der Waals surface area contributed by atoms with E-state index in [1.165, 1.54) is 6.92 Å². The highest BCUT2D eigenvalue weighted by molar-refractivity contribution is 5.87. The second-order valence-corrected chi connectivity index (χ2v) is 7.11. The fraction of sp³-hybridized carbons (Fsp3) is 0.261. The molecule has 160 valence electrons. The van der Waals surface area contributed by atoms with Gasteiger partial charge in [-0.2, -0.15) is 0 Å². The molecule has 2 aromatic heterocycles. The topological polar surface area (TPSA) is 97.3 Å². The minimum atomic E-state index is -0.164. The van der Waals surface area contributed by atoms with Crippen LogP contribution in [0, 0.1) is 0 Å². The molecule has 1 N–H and O–H groups in total. The molecule has 2 heterocycles. The quantitative estimate of drug-likeness (QED) is 0.598. The van der Waals surface area contributed by atoms with Crippen LogP contribution in [0.2, 0.25) is 0 Å². The predicted octanol–water partition coefficient (Wildman–Crippen LogP) is 3.70. The molecule has 0 radical (unpaired) electrons. The van der Waals surface area contributed by atoms with Crippen LogP contribution in [0.25, 0.3) is 11.3 Å². The van der Waals surface area contributed by atoms with Crippen molar-refractivity contribution in [2.24, 2.45) is 0 Å². The first-order valence-electron chi connectivity index (χ1n) is 9.96. The number of hydrogen-bond acceptors (Lipinski definition) is 6. The van der Waals surface area contributed by atoms with Crippen LogP contribution in [0.5, 0.6) is 11.6 Å². The van der Waals surface area contributed by atoms with Gasteiger partial charge in [-0.15, -0.1) is 0 Å². The summed E-state index contributed by atoms with van der Waals surface area (Å²) in [5.41, 5.74) is 2.45. The number of nitrogens with one attached hydrogen (secondary N) is 1. The third-order valence-corrected chi connectivity index (χ3v) is 4.55. The van der Waals surface area contributed by atoms with E-state index in [0.717, 1.165) is 23.4 Å². The van der Waals surface area contributed by atoms with Crippen molar-refractivity contribution in [3.05, 3.63) is 60.6 Å². The lowest BCUT2D eigenvalue weighted by Crippen LogP contribution is -2.25. The van der Waals surface area contributed by atoms with Gasteiger partial charge in [-0.05, 0) is 49.2 Å². The summed E-state index contributed by atoms with van der Waals surface area (Å²) < 4.78 is 5.84. The van der Waals surface area contributed by atoms with Crippen molar-refractivity contribution in [1.82, 2.24) is 19.9 Å². The van der Waals surface area contributed by atoms with Gasteiger partial charge in [-0.25, -0.2) is 9.97 Å². The Labute approximate surface area is 181 Å². The van der Waals surface area contributed by atoms with Gasteiger partial charge in [-0.3, -0.25) is 14.6 Å². The normalized spacial score (nSPS) is 10.4. The van der Waals surface area contributed by atoms with E-state index in [2.05, 4.69) is 20.3 Å². The highest BCUT2D eigenvalue weighted by Gasteiger charge is 2.07. The molecule has 0 aliphatic heterocycles. The molecule has 3 rings (SSSR count). The minimum absolute atomic E-state index is 0.0451. The van der Waals surface area contributed by atoms with Crippen molar-refractivity contribution < 1.29 is 14.3 Å². The van der Waals surface area contributed by atoms with Crippen molar-refractivity contribution in [3.63, 3.8) is 0 Å². The van der Waals surface area contributed by atoms with E-state index in [-0.39, 0.29) is 11.8 Å². The molecule has 31 heavy (non-hydrogen) atoms. The lowest BCUT2D eigenvalue weighted by atomic mass is 10.1. The van der Waals surface area contributed by atoms with Gasteiger partial charge in [0.1, 0.15) is 11.6 Å². The molecule has 0 aliphatic rings. The van der Waals surface area contributed by atoms with E-state index in [1.807, 2.05) is 36.4 Å². The zero-order chi connectivity index (χ0) is 22.2. The fourth-order valence-corrected chi connectivity index (χ4v) is 2.87. The standard InChI is InChI=1S/C23H25N5O3/c1-16(29)25-22-8-4-7-21(27-22)18-9-11-20(12-10-18)31-23-15-24-14-19(26-23)6-5-13-28(3)17(2)30/h4,7-12,14-15H,5-6,13H2,1-3H3,(H,25,27,29). The highest BCUT2D eigenvalue weighted by Crippen LogP contribution is 2.24. The minimum Gasteiger partial charge on any atom is -0.437 e. The zero-order valence-corrected chi connectivity index (χ0v) is 17.8. The molecule has 0 aliphatic carbocycles. The number of carbonyl (C=O) groups excluding carboxylic acids is 2. The van der Waals surface area contributed by atoms with Crippen LogP contribution in [0.15, 0.2) is 54.9 Å². The maximum atomic E-state index is 11.3. The number of ether oxygens (including phenoxy) is 1. The first kappa shape index (κ1) is 21.9. The molecule has 2 amide bonds. The van der Waals surface area contributed by atoms with Crippen LogP contribution in [-0.4, -0.2) is 45.3 Å². The first-order valence-corrected chi connectivity index (χ1v) is 9.96. The third-order valence-electron chi connectivity index (χ3n) is 4.55. The monoisotopic (exact) mass is 419 g/mol. The summed E-state index contributed by atoms with van der Waals surface area (Å²) in [5.74, 6) is 1.43. The van der Waals surface area contributed by atoms with Crippen LogP contribution in [0.4, 0.5) is 5.82 Å². The Morgan fingerprint density at radius 1 is 1.03 bits per heavy atom. The van der Waals surface area contributed by atoms with Crippen molar-refractivity contribution in [2.45, 2.75) is 26.7 Å². The van der Waals surface area contributed by atoms with Crippen molar-refractivity contribution in [3.8, 4) is 22.9 Å². The molecule has 0 saturated heterocycles. The van der Waals surface area contributed by atoms with Crippen molar-refractivity contribution in [2.75, 3.05) is 18.9 Å². The number of amides is 2. The molecule has 1 aromatic carbocycles. The molecule has 0 saturated carbocycles. The molecular weight excluding hydrogens is 394 g/mol. The predicted molar refractivity (Wildman–Crippen MR) is 118 cm³/mol. The summed E-state index contributed by atoms with van der Waals surface area (Å²) in [6.45, 7) is 3.67. The summed E-state index contributed by atoms with van der Waals surface area (Å²) in [6.07, 6.45) is 4.78. The number of carbonyl (C=O) groups is 2. The third kappa shape index (κ3) is 6.60. The van der Waals surface area contributed by atoms with Gasteiger partial charge in [0.2, 0.25) is 17.7 Å². The van der Waals surface area contributed by atoms with E-state index >= 15 is 0 Å². The maximum absolute atomic E-state index is 11.3. The van der Waals surface area contributed by atoms with Crippen LogP contribution < -0.4 is 10.1 Å². The van der Waals surface area contributed by atoms with Gasteiger partial charge in [0, 0.05) is 39.2 Å². The van der Waals surface area contributed by atoms with Crippen molar-refractivity contribution >= 4 is 17.6 Å². The molecular formula is C23H25N5O3. The Morgan fingerprint density at radius 3 is 2.52 bits per heavy atom. The van der Waals surface area contributed by atoms with Gasteiger partial charge in [0.05, 0.1) is 17.6 Å². The number of nitrogens with zero attached hydrogens (tertiary/aromatic N) is 4. The van der Waals surface area contributed by atoms with E-state index in [4.69, 9.17) is 4.74 Å². The van der Waals surface area contributed by atoms with E-state index in [0.29, 0.717) is 30.4 Å². The summed E-state index contributed by atoms with van der Waals surface area (Å²) in [5, 5.41) is 2.68. The van der Waals surface area contributed by atoms with Crippen LogP contribution >= 0.6 is 0 Å². The lowest BCUT2D eigenvalue weighted by molar-refractivity contribution is -0.127. The van der Waals surface area contributed by atoms with Gasteiger partial charge in [0.15, 0.2) is 0 Å². The van der Waals surface area contributed by atoms with Gasteiger partial charge < -0.3 is 15.0 Å². The molecule has 8 heteroatoms. The summed E-state index contributed by atoms with van der Waals surface area (Å²) in [7, 11) is 1.78. The number of hydrogen-bond donors (Lipinski definition) is 1. The highest BCUT2D eigenvalue weighted by atomic mass is 16.5. The molecule has 8 nitrogen and oxygen atoms in total. The Hall–Kier alpha value is -3.81. The number of rotatable bonds is 8. The summed E-state index contributed by atoms with van der Waals surface area (Å²) in [6, 6.07) is 12.9. The van der Waals surface area contributed by atoms with Crippen LogP contribution in [-0.2, 0) is 16.0 Å². The number of benzene rings is 1. The second-order valence-electron chi connectivity index (χ2n) is 7.11. The largest absolute Gasteiger partial charge is 0.437 e. The Kier molecular flexibility index (Phi) is 7.26. The summed E-state index contributed by atoms with van der Waals surface area (Å²) >= 11 is 0. The first-order chi connectivity index (χ1) is 14.9. The molecule has 0 spiro atoms. The average Bonchev–Trinajstić information content (AvgIpc) is 2.74. The fourth-order valence-electron chi connectivity index (χ4n) is 2.87. The average molecular weight is 419 g/mol. The van der Waals surface area contributed by atoms with Gasteiger partial charge in [0.25, 0.3) is 0 Å². The van der Waals surface area contributed by atoms with Gasteiger partial charge >= 0.3 is 0 Å². The lowest BCUT2D eigenvalue weighted by Gasteiger charge is -2.14. The Balaban J connectivity index is 1.62. The van der Waals surface area contributed by atoms with Crippen LogP contribution in [0.1, 0.15) is 26.0 Å². The molecule has 0 unspecified atom stereocenters. The number of aryl methyl sites for hydroxylation is 1. The number of aromatic nitrogens is 3. The van der Waals surface area contributed by atoms with Crippen LogP contribution in [0.3, 0.4) is 0 Å². The Morgan fingerprint density at radius 2 is 1.81 bits per heavy atom. The SMILES string of the molecule is CC(=O)Nc1cccc(-c2ccc(Oc3cncc(CCCN(C)C(C)=O)n3)cc2)n1. The van der Waals surface area contributed by atoms with E-state index in [9.17, 15) is 9.59 Å². The van der Waals surface area contributed by atoms with Gasteiger partial charge in [-0.1, -0.05) is 6.07 Å².